The van der Waals surface area contributed by atoms with Crippen molar-refractivity contribution < 1.29 is 4.42 Å². The largest absolute Gasteiger partial charge is 0.463 e. The molecule has 1 aliphatic carbocycles. The Morgan fingerprint density at radius 1 is 1.41 bits per heavy atom. The van der Waals surface area contributed by atoms with Gasteiger partial charge in [-0.3, -0.25) is 0 Å². The van der Waals surface area contributed by atoms with Crippen molar-refractivity contribution in [2.75, 3.05) is 0 Å². The molecule has 3 rings (SSSR count). The molecule has 0 spiro atoms. The maximum atomic E-state index is 5.36. The van der Waals surface area contributed by atoms with E-state index in [2.05, 4.69) is 10.3 Å². The molecular formula is C13H16N2OS. The van der Waals surface area contributed by atoms with E-state index in [1.807, 2.05) is 18.3 Å². The van der Waals surface area contributed by atoms with Gasteiger partial charge in [0.1, 0.15) is 10.8 Å². The summed E-state index contributed by atoms with van der Waals surface area (Å²) in [5, 5.41) is 4.72. The van der Waals surface area contributed by atoms with Gasteiger partial charge in [-0.1, -0.05) is 12.8 Å². The molecular weight excluding hydrogens is 232 g/mol. The average molecular weight is 248 g/mol. The molecule has 0 amide bonds. The highest BCUT2D eigenvalue weighted by atomic mass is 32.1. The summed E-state index contributed by atoms with van der Waals surface area (Å²) in [7, 11) is 0. The third-order valence-electron chi connectivity index (χ3n) is 3.21. The predicted molar refractivity (Wildman–Crippen MR) is 68.9 cm³/mol. The number of hydrogen-bond acceptors (Lipinski definition) is 4. The Morgan fingerprint density at radius 3 is 3.06 bits per heavy atom. The second-order valence-electron chi connectivity index (χ2n) is 4.46. The van der Waals surface area contributed by atoms with Crippen LogP contribution in [-0.4, -0.2) is 11.0 Å². The quantitative estimate of drug-likeness (QED) is 0.900. The Balaban J connectivity index is 1.60. The maximum absolute atomic E-state index is 5.36. The summed E-state index contributed by atoms with van der Waals surface area (Å²) in [4.78, 5) is 5.54. The Kier molecular flexibility index (Phi) is 3.25. The van der Waals surface area contributed by atoms with Gasteiger partial charge in [0.25, 0.3) is 0 Å². The van der Waals surface area contributed by atoms with Crippen molar-refractivity contribution in [1.82, 2.24) is 10.3 Å². The number of nitrogens with one attached hydrogen (secondary N) is 1. The van der Waals surface area contributed by atoms with Crippen molar-refractivity contribution in [3.63, 3.8) is 0 Å². The van der Waals surface area contributed by atoms with Gasteiger partial charge in [0, 0.05) is 18.8 Å². The van der Waals surface area contributed by atoms with Crippen LogP contribution in [-0.2, 0) is 6.54 Å². The van der Waals surface area contributed by atoms with E-state index in [-0.39, 0.29) is 0 Å². The monoisotopic (exact) mass is 248 g/mol. The summed E-state index contributed by atoms with van der Waals surface area (Å²) < 4.78 is 5.36. The van der Waals surface area contributed by atoms with E-state index in [9.17, 15) is 0 Å². The van der Waals surface area contributed by atoms with Crippen LogP contribution in [0.25, 0.3) is 10.6 Å². The van der Waals surface area contributed by atoms with Crippen LogP contribution in [0.15, 0.2) is 29.0 Å². The van der Waals surface area contributed by atoms with Gasteiger partial charge in [0.05, 0.1) is 11.1 Å². The zero-order valence-corrected chi connectivity index (χ0v) is 10.5. The standard InChI is InChI=1S/C13H16N2OS/c1-2-5-10(4-1)14-9-13-15-8-12(17-13)11-6-3-7-16-11/h3,6-8,10,14H,1-2,4-5,9H2. The molecule has 2 heterocycles. The summed E-state index contributed by atoms with van der Waals surface area (Å²) in [6.45, 7) is 0.885. The lowest BCUT2D eigenvalue weighted by atomic mass is 10.2. The van der Waals surface area contributed by atoms with Crippen molar-refractivity contribution in [3.8, 4) is 10.6 Å². The summed E-state index contributed by atoms with van der Waals surface area (Å²) in [5.41, 5.74) is 0. The van der Waals surface area contributed by atoms with Gasteiger partial charge in [-0.2, -0.15) is 0 Å². The Hall–Kier alpha value is -1.13. The topological polar surface area (TPSA) is 38.1 Å². The number of rotatable bonds is 4. The fourth-order valence-corrected chi connectivity index (χ4v) is 3.12. The smallest absolute Gasteiger partial charge is 0.145 e. The SMILES string of the molecule is c1coc(-c2cnc(CNC3CCCC3)s2)c1. The summed E-state index contributed by atoms with van der Waals surface area (Å²) >= 11 is 1.71. The minimum absolute atomic E-state index is 0.700. The first-order valence-corrected chi connectivity index (χ1v) is 6.95. The van der Waals surface area contributed by atoms with Crippen LogP contribution in [0.1, 0.15) is 30.7 Å². The molecule has 90 valence electrons. The maximum Gasteiger partial charge on any atom is 0.145 e. The van der Waals surface area contributed by atoms with Crippen molar-refractivity contribution >= 4 is 11.3 Å². The molecule has 1 N–H and O–H groups in total. The molecule has 0 radical (unpaired) electrons. The molecule has 0 bridgehead atoms. The van der Waals surface area contributed by atoms with E-state index < -0.39 is 0 Å². The van der Waals surface area contributed by atoms with Gasteiger partial charge in [0.2, 0.25) is 0 Å². The van der Waals surface area contributed by atoms with Gasteiger partial charge in [-0.25, -0.2) is 4.98 Å². The highest BCUT2D eigenvalue weighted by Crippen LogP contribution is 2.26. The average Bonchev–Trinajstić information content (AvgIpc) is 3.09. The highest BCUT2D eigenvalue weighted by Gasteiger charge is 2.14. The van der Waals surface area contributed by atoms with Crippen LogP contribution < -0.4 is 5.32 Å². The number of thiazole rings is 1. The van der Waals surface area contributed by atoms with E-state index in [0.29, 0.717) is 6.04 Å². The molecule has 1 saturated carbocycles. The Bertz CT molecular complexity index is 457. The molecule has 0 atom stereocenters. The second-order valence-corrected chi connectivity index (χ2v) is 5.57. The number of furan rings is 1. The van der Waals surface area contributed by atoms with Crippen LogP contribution in [0.4, 0.5) is 0 Å². The van der Waals surface area contributed by atoms with E-state index in [1.54, 1.807) is 17.6 Å². The third-order valence-corrected chi connectivity index (χ3v) is 4.23. The van der Waals surface area contributed by atoms with Gasteiger partial charge >= 0.3 is 0 Å². The van der Waals surface area contributed by atoms with Gasteiger partial charge in [-0.15, -0.1) is 11.3 Å². The van der Waals surface area contributed by atoms with E-state index in [4.69, 9.17) is 4.42 Å². The first kappa shape index (κ1) is 11.0. The van der Waals surface area contributed by atoms with Crippen molar-refractivity contribution in [1.29, 1.82) is 0 Å². The Labute approximate surface area is 105 Å². The minimum atomic E-state index is 0.700. The molecule has 2 aromatic rings. The fourth-order valence-electron chi connectivity index (χ4n) is 2.29. The molecule has 0 aromatic carbocycles. The van der Waals surface area contributed by atoms with Crippen molar-refractivity contribution in [3.05, 3.63) is 29.6 Å². The summed E-state index contributed by atoms with van der Waals surface area (Å²) in [6.07, 6.45) is 8.97. The summed E-state index contributed by atoms with van der Waals surface area (Å²) in [6, 6.07) is 4.58. The Morgan fingerprint density at radius 2 is 2.29 bits per heavy atom. The normalized spacial score (nSPS) is 16.7. The van der Waals surface area contributed by atoms with Crippen LogP contribution in [0.2, 0.25) is 0 Å². The van der Waals surface area contributed by atoms with Crippen molar-refractivity contribution in [2.24, 2.45) is 0 Å². The first-order chi connectivity index (χ1) is 8.42. The molecule has 0 saturated heterocycles. The molecule has 17 heavy (non-hydrogen) atoms. The molecule has 4 heteroatoms. The van der Waals surface area contributed by atoms with Gasteiger partial charge in [0.15, 0.2) is 0 Å². The van der Waals surface area contributed by atoms with E-state index in [1.165, 1.54) is 25.7 Å². The molecule has 2 aromatic heterocycles. The zero-order valence-electron chi connectivity index (χ0n) is 9.69. The lowest BCUT2D eigenvalue weighted by Gasteiger charge is -2.09. The molecule has 3 nitrogen and oxygen atoms in total. The number of nitrogens with zero attached hydrogens (tertiary/aromatic N) is 1. The van der Waals surface area contributed by atoms with Crippen LogP contribution in [0, 0.1) is 0 Å². The summed E-state index contributed by atoms with van der Waals surface area (Å²) in [5.74, 6) is 0.912. The third kappa shape index (κ3) is 2.58. The highest BCUT2D eigenvalue weighted by molar-refractivity contribution is 7.15. The predicted octanol–water partition coefficient (Wildman–Crippen LogP) is 3.44. The van der Waals surface area contributed by atoms with E-state index in [0.717, 1.165) is 22.2 Å². The molecule has 1 fully saturated rings. The van der Waals surface area contributed by atoms with Gasteiger partial charge in [-0.05, 0) is 25.0 Å². The van der Waals surface area contributed by atoms with Crippen LogP contribution in [0.5, 0.6) is 0 Å². The number of hydrogen-bond donors (Lipinski definition) is 1. The van der Waals surface area contributed by atoms with Gasteiger partial charge < -0.3 is 9.73 Å². The zero-order chi connectivity index (χ0) is 11.5. The van der Waals surface area contributed by atoms with Crippen LogP contribution in [0.3, 0.4) is 0 Å². The first-order valence-electron chi connectivity index (χ1n) is 6.14. The van der Waals surface area contributed by atoms with Crippen molar-refractivity contribution in [2.45, 2.75) is 38.3 Å². The molecule has 0 aliphatic heterocycles. The molecule has 1 aliphatic rings. The lowest BCUT2D eigenvalue weighted by Crippen LogP contribution is -2.25. The second kappa shape index (κ2) is 5.02. The van der Waals surface area contributed by atoms with E-state index >= 15 is 0 Å². The van der Waals surface area contributed by atoms with Crippen LogP contribution >= 0.6 is 11.3 Å². The fraction of sp³-hybridized carbons (Fsp3) is 0.462. The molecule has 0 unspecified atom stereocenters. The minimum Gasteiger partial charge on any atom is -0.463 e. The number of aromatic nitrogens is 1. The lowest BCUT2D eigenvalue weighted by molar-refractivity contribution is 0.523.